The smallest absolute Gasteiger partial charge is 0.0640 e. The molecule has 0 radical (unpaired) electrons. The van der Waals surface area contributed by atoms with Gasteiger partial charge >= 0.3 is 0 Å². The van der Waals surface area contributed by atoms with Crippen molar-refractivity contribution in [3.05, 3.63) is 28.8 Å². The van der Waals surface area contributed by atoms with E-state index in [-0.39, 0.29) is 0 Å². The third kappa shape index (κ3) is 1.97. The maximum Gasteiger partial charge on any atom is 0.0640 e. The molecule has 0 spiro atoms. The molecule has 2 rings (SSSR count). The Morgan fingerprint density at radius 3 is 3.13 bits per heavy atom. The zero-order valence-electron chi connectivity index (χ0n) is 8.96. The molecule has 0 bridgehead atoms. The quantitative estimate of drug-likeness (QED) is 0.829. The highest BCUT2D eigenvalue weighted by atomic mass is 35.5. The van der Waals surface area contributed by atoms with Gasteiger partial charge in [-0.05, 0) is 30.5 Å². The van der Waals surface area contributed by atoms with E-state index in [4.69, 9.17) is 17.3 Å². The molecule has 2 nitrogen and oxygen atoms in total. The summed E-state index contributed by atoms with van der Waals surface area (Å²) in [6.07, 6.45) is 1.07. The summed E-state index contributed by atoms with van der Waals surface area (Å²) in [6.45, 7) is 4.00. The summed E-state index contributed by atoms with van der Waals surface area (Å²) in [5, 5.41) is 4.21. The molecule has 1 aliphatic rings. The fourth-order valence-corrected chi connectivity index (χ4v) is 2.58. The molecule has 1 aromatic carbocycles. The molecule has 0 amide bonds. The van der Waals surface area contributed by atoms with Crippen LogP contribution in [0.25, 0.3) is 0 Å². The topological polar surface area (TPSA) is 38.0 Å². The van der Waals surface area contributed by atoms with Gasteiger partial charge in [0.1, 0.15) is 0 Å². The number of nitrogens with one attached hydrogen (secondary N) is 1. The Balaban J connectivity index is 2.25. The average Bonchev–Trinajstić information content (AvgIpc) is 2.63. The van der Waals surface area contributed by atoms with Crippen LogP contribution in [0, 0.1) is 5.92 Å². The van der Waals surface area contributed by atoms with Crippen molar-refractivity contribution >= 4 is 17.3 Å². The Kier molecular flexibility index (Phi) is 3.17. The molecule has 0 aliphatic carbocycles. The monoisotopic (exact) mass is 224 g/mol. The second kappa shape index (κ2) is 4.42. The standard InChI is InChI=1S/C12H17ClN2/c1-8(5-6-14)10-7-15-12-9(10)3-2-4-11(12)13/h2-4,8,10,15H,5-7,14H2,1H3. The van der Waals surface area contributed by atoms with Crippen molar-refractivity contribution in [1.82, 2.24) is 0 Å². The van der Waals surface area contributed by atoms with Crippen LogP contribution in [0.4, 0.5) is 5.69 Å². The van der Waals surface area contributed by atoms with E-state index >= 15 is 0 Å². The molecular weight excluding hydrogens is 208 g/mol. The molecule has 15 heavy (non-hydrogen) atoms. The SMILES string of the molecule is CC(CCN)C1CNc2c(Cl)cccc21. The van der Waals surface area contributed by atoms with Gasteiger partial charge in [0.2, 0.25) is 0 Å². The first-order valence-electron chi connectivity index (χ1n) is 5.46. The molecule has 0 saturated carbocycles. The van der Waals surface area contributed by atoms with Crippen LogP contribution < -0.4 is 11.1 Å². The van der Waals surface area contributed by atoms with Gasteiger partial charge in [0, 0.05) is 12.5 Å². The zero-order valence-corrected chi connectivity index (χ0v) is 9.72. The Morgan fingerprint density at radius 2 is 2.40 bits per heavy atom. The molecule has 3 N–H and O–H groups in total. The molecule has 0 saturated heterocycles. The van der Waals surface area contributed by atoms with Crippen molar-refractivity contribution in [2.75, 3.05) is 18.4 Å². The van der Waals surface area contributed by atoms with Crippen molar-refractivity contribution in [2.24, 2.45) is 11.7 Å². The molecule has 0 fully saturated rings. The average molecular weight is 225 g/mol. The number of hydrogen-bond acceptors (Lipinski definition) is 2. The van der Waals surface area contributed by atoms with Crippen LogP contribution in [0.1, 0.15) is 24.8 Å². The maximum absolute atomic E-state index is 6.13. The van der Waals surface area contributed by atoms with E-state index in [1.54, 1.807) is 0 Å². The Bertz CT molecular complexity index is 351. The van der Waals surface area contributed by atoms with Crippen LogP contribution in [0.3, 0.4) is 0 Å². The number of nitrogens with two attached hydrogens (primary N) is 1. The summed E-state index contributed by atoms with van der Waals surface area (Å²) < 4.78 is 0. The summed E-state index contributed by atoms with van der Waals surface area (Å²) in [6, 6.07) is 6.12. The van der Waals surface area contributed by atoms with Gasteiger partial charge in [0.05, 0.1) is 10.7 Å². The summed E-state index contributed by atoms with van der Waals surface area (Å²) in [4.78, 5) is 0. The van der Waals surface area contributed by atoms with E-state index in [0.717, 1.165) is 30.2 Å². The number of halogens is 1. The third-order valence-electron chi connectivity index (χ3n) is 3.25. The summed E-state index contributed by atoms with van der Waals surface area (Å²) in [5.74, 6) is 1.17. The predicted octanol–water partition coefficient (Wildman–Crippen LogP) is 2.83. The largest absolute Gasteiger partial charge is 0.383 e. The van der Waals surface area contributed by atoms with Gasteiger partial charge in [-0.15, -0.1) is 0 Å². The van der Waals surface area contributed by atoms with Gasteiger partial charge in [-0.25, -0.2) is 0 Å². The normalized spacial score (nSPS) is 20.9. The lowest BCUT2D eigenvalue weighted by atomic mass is 9.87. The van der Waals surface area contributed by atoms with Gasteiger partial charge in [-0.3, -0.25) is 0 Å². The Hall–Kier alpha value is -0.730. The van der Waals surface area contributed by atoms with E-state index in [2.05, 4.69) is 18.3 Å². The minimum atomic E-state index is 0.558. The first kappa shape index (κ1) is 10.8. The molecule has 2 atom stereocenters. The lowest BCUT2D eigenvalue weighted by Crippen LogP contribution is -2.15. The maximum atomic E-state index is 6.13. The van der Waals surface area contributed by atoms with Crippen molar-refractivity contribution < 1.29 is 0 Å². The van der Waals surface area contributed by atoms with Gasteiger partial charge in [0.25, 0.3) is 0 Å². The molecule has 2 unspecified atom stereocenters. The Labute approximate surface area is 95.8 Å². The third-order valence-corrected chi connectivity index (χ3v) is 3.57. The van der Waals surface area contributed by atoms with Crippen molar-refractivity contribution in [3.63, 3.8) is 0 Å². The van der Waals surface area contributed by atoms with Crippen LogP contribution in [-0.2, 0) is 0 Å². The molecular formula is C12H17ClN2. The first-order valence-corrected chi connectivity index (χ1v) is 5.84. The van der Waals surface area contributed by atoms with Gasteiger partial charge < -0.3 is 11.1 Å². The van der Waals surface area contributed by atoms with E-state index in [0.29, 0.717) is 11.8 Å². The number of rotatable bonds is 3. The predicted molar refractivity (Wildman–Crippen MR) is 65.5 cm³/mol. The minimum Gasteiger partial charge on any atom is -0.383 e. The highest BCUT2D eigenvalue weighted by molar-refractivity contribution is 6.33. The molecule has 3 heteroatoms. The molecule has 1 heterocycles. The van der Waals surface area contributed by atoms with Gasteiger partial charge in [0.15, 0.2) is 0 Å². The van der Waals surface area contributed by atoms with Gasteiger partial charge in [-0.1, -0.05) is 30.7 Å². The number of hydrogen-bond donors (Lipinski definition) is 2. The number of benzene rings is 1. The van der Waals surface area contributed by atoms with Crippen LogP contribution in [0.15, 0.2) is 18.2 Å². The highest BCUT2D eigenvalue weighted by Gasteiger charge is 2.27. The molecule has 0 aromatic heterocycles. The number of para-hydroxylation sites is 1. The zero-order chi connectivity index (χ0) is 10.8. The Morgan fingerprint density at radius 1 is 1.60 bits per heavy atom. The van der Waals surface area contributed by atoms with Crippen LogP contribution in [-0.4, -0.2) is 13.1 Å². The minimum absolute atomic E-state index is 0.558. The highest BCUT2D eigenvalue weighted by Crippen LogP contribution is 2.40. The van der Waals surface area contributed by atoms with Crippen molar-refractivity contribution in [2.45, 2.75) is 19.3 Å². The fraction of sp³-hybridized carbons (Fsp3) is 0.500. The van der Waals surface area contributed by atoms with E-state index in [1.165, 1.54) is 5.56 Å². The van der Waals surface area contributed by atoms with E-state index in [1.807, 2.05) is 12.1 Å². The number of fused-ring (bicyclic) bond motifs is 1. The molecule has 82 valence electrons. The van der Waals surface area contributed by atoms with Crippen LogP contribution in [0.5, 0.6) is 0 Å². The fourth-order valence-electron chi connectivity index (χ4n) is 2.33. The van der Waals surface area contributed by atoms with E-state index in [9.17, 15) is 0 Å². The van der Waals surface area contributed by atoms with Crippen molar-refractivity contribution in [3.8, 4) is 0 Å². The van der Waals surface area contributed by atoms with Crippen LogP contribution in [0.2, 0.25) is 5.02 Å². The van der Waals surface area contributed by atoms with Gasteiger partial charge in [-0.2, -0.15) is 0 Å². The second-order valence-corrected chi connectivity index (χ2v) is 4.65. The summed E-state index contributed by atoms with van der Waals surface area (Å²) >= 11 is 6.13. The molecule has 1 aromatic rings. The lowest BCUT2D eigenvalue weighted by molar-refractivity contribution is 0.458. The van der Waals surface area contributed by atoms with Crippen molar-refractivity contribution in [1.29, 1.82) is 0 Å². The van der Waals surface area contributed by atoms with Crippen LogP contribution >= 0.6 is 11.6 Å². The number of anilines is 1. The second-order valence-electron chi connectivity index (χ2n) is 4.25. The summed E-state index contributed by atoms with van der Waals surface area (Å²) in [7, 11) is 0. The molecule has 1 aliphatic heterocycles. The van der Waals surface area contributed by atoms with E-state index < -0.39 is 0 Å². The summed E-state index contributed by atoms with van der Waals surface area (Å²) in [5.41, 5.74) is 8.07. The lowest BCUT2D eigenvalue weighted by Gasteiger charge is -2.18. The first-order chi connectivity index (χ1) is 7.24.